The second kappa shape index (κ2) is 7.58. The van der Waals surface area contributed by atoms with Gasteiger partial charge in [-0.1, -0.05) is 6.92 Å². The van der Waals surface area contributed by atoms with Crippen LogP contribution in [-0.4, -0.2) is 20.9 Å². The summed E-state index contributed by atoms with van der Waals surface area (Å²) in [4.78, 5) is 27.6. The third kappa shape index (κ3) is 3.56. The van der Waals surface area contributed by atoms with Crippen LogP contribution in [0.1, 0.15) is 41.2 Å². The Morgan fingerprint density at radius 3 is 2.71 bits per heavy atom. The molecule has 7 heteroatoms. The molecule has 0 saturated heterocycles. The maximum absolute atomic E-state index is 12.8. The Hall–Kier alpha value is -2.96. The largest absolute Gasteiger partial charge is 0.508 e. The number of carbonyl (C=O) groups excluding carboxylic acids is 1. The van der Waals surface area contributed by atoms with Crippen molar-refractivity contribution in [2.75, 3.05) is 5.32 Å². The number of benzene rings is 1. The van der Waals surface area contributed by atoms with Crippen LogP contribution < -0.4 is 5.32 Å². The molecule has 0 bridgehead atoms. The maximum Gasteiger partial charge on any atom is 0.314 e. The molecule has 0 unspecified atom stereocenters. The molecule has 148 valence electrons. The molecule has 1 aromatic carbocycles. The van der Waals surface area contributed by atoms with E-state index in [1.54, 1.807) is 19.1 Å². The van der Waals surface area contributed by atoms with Crippen molar-refractivity contribution in [3.63, 3.8) is 0 Å². The van der Waals surface area contributed by atoms with E-state index in [1.165, 1.54) is 11.8 Å². The molecule has 2 N–H and O–H groups in total. The van der Waals surface area contributed by atoms with E-state index in [0.717, 1.165) is 29.5 Å². The number of rotatable bonds is 4. The summed E-state index contributed by atoms with van der Waals surface area (Å²) >= 11 is 0. The summed E-state index contributed by atoms with van der Waals surface area (Å²) in [6.45, 7) is 7.36. The van der Waals surface area contributed by atoms with Crippen molar-refractivity contribution >= 4 is 17.4 Å². The lowest BCUT2D eigenvalue weighted by Gasteiger charge is -2.31. The Kier molecular flexibility index (Phi) is 5.36. The van der Waals surface area contributed by atoms with Crippen LogP contribution in [0.2, 0.25) is 0 Å². The minimum Gasteiger partial charge on any atom is -0.508 e. The van der Waals surface area contributed by atoms with Crippen LogP contribution >= 0.6 is 0 Å². The summed E-state index contributed by atoms with van der Waals surface area (Å²) in [5.74, 6) is -0.242. The number of nitrogens with zero attached hydrogens (tertiary/aromatic N) is 2. The second-order valence-electron chi connectivity index (χ2n) is 7.66. The first-order valence-electron chi connectivity index (χ1n) is 9.42. The molecular formula is C21H25N3O4. The number of fused-ring (bicyclic) bond motifs is 1. The SMILES string of the molecule is Cc1cc(O)c(C)c2c1CC[C@@H]([C@@H](C)C(=O)Nc1nccc(C)c1[N+](=O)[O-])C2. The van der Waals surface area contributed by atoms with Gasteiger partial charge in [-0.15, -0.1) is 0 Å². The first-order valence-corrected chi connectivity index (χ1v) is 9.42. The number of anilines is 1. The van der Waals surface area contributed by atoms with Gasteiger partial charge in [-0.3, -0.25) is 14.9 Å². The minimum atomic E-state index is -0.519. The number of aromatic nitrogens is 1. The van der Waals surface area contributed by atoms with E-state index in [1.807, 2.05) is 20.8 Å². The van der Waals surface area contributed by atoms with Crippen LogP contribution in [0.5, 0.6) is 5.75 Å². The molecule has 0 spiro atoms. The fourth-order valence-electron chi connectivity index (χ4n) is 4.08. The van der Waals surface area contributed by atoms with Gasteiger partial charge in [-0.05, 0) is 80.3 Å². The van der Waals surface area contributed by atoms with Crippen molar-refractivity contribution in [3.05, 3.63) is 56.3 Å². The van der Waals surface area contributed by atoms with Gasteiger partial charge >= 0.3 is 5.69 Å². The number of aromatic hydroxyl groups is 1. The van der Waals surface area contributed by atoms with Crippen LogP contribution in [0.3, 0.4) is 0 Å². The third-order valence-corrected chi connectivity index (χ3v) is 5.93. The summed E-state index contributed by atoms with van der Waals surface area (Å²) in [6, 6.07) is 3.35. The van der Waals surface area contributed by atoms with E-state index in [2.05, 4.69) is 10.3 Å². The van der Waals surface area contributed by atoms with Gasteiger partial charge in [-0.25, -0.2) is 4.98 Å². The number of pyridine rings is 1. The highest BCUT2D eigenvalue weighted by Gasteiger charge is 2.31. The van der Waals surface area contributed by atoms with E-state index in [-0.39, 0.29) is 35.0 Å². The fraction of sp³-hybridized carbons (Fsp3) is 0.429. The molecule has 2 aromatic rings. The quantitative estimate of drug-likeness (QED) is 0.613. The standard InChI is InChI=1S/C21H25N3O4/c1-11-7-8-22-20(19(11)24(27)28)23-21(26)13(3)15-5-6-16-12(2)9-18(25)14(4)17(16)10-15/h7-9,13,15,25H,5-6,10H2,1-4H3,(H,22,23,26)/t13-,15-/m1/s1. The van der Waals surface area contributed by atoms with Crippen LogP contribution in [0, 0.1) is 42.7 Å². The predicted octanol–water partition coefficient (Wildman–Crippen LogP) is 4.00. The first kappa shape index (κ1) is 19.8. The molecule has 3 rings (SSSR count). The number of hydrogen-bond donors (Lipinski definition) is 2. The van der Waals surface area contributed by atoms with E-state index in [9.17, 15) is 20.0 Å². The lowest BCUT2D eigenvalue weighted by molar-refractivity contribution is -0.384. The smallest absolute Gasteiger partial charge is 0.314 e. The number of phenolic OH excluding ortho intramolecular Hbond substituents is 1. The highest BCUT2D eigenvalue weighted by atomic mass is 16.6. The molecular weight excluding hydrogens is 358 g/mol. The van der Waals surface area contributed by atoms with Crippen LogP contribution in [0.15, 0.2) is 18.3 Å². The number of phenols is 1. The molecule has 7 nitrogen and oxygen atoms in total. The third-order valence-electron chi connectivity index (χ3n) is 5.93. The molecule has 2 atom stereocenters. The molecule has 1 heterocycles. The Labute approximate surface area is 164 Å². The molecule has 0 fully saturated rings. The number of nitrogens with one attached hydrogen (secondary N) is 1. The molecule has 0 radical (unpaired) electrons. The Balaban J connectivity index is 1.81. The van der Waals surface area contributed by atoms with Gasteiger partial charge in [0.2, 0.25) is 11.7 Å². The zero-order valence-corrected chi connectivity index (χ0v) is 16.6. The highest BCUT2D eigenvalue weighted by molar-refractivity contribution is 5.93. The van der Waals surface area contributed by atoms with Crippen LogP contribution in [0.4, 0.5) is 11.5 Å². The van der Waals surface area contributed by atoms with Gasteiger partial charge in [0, 0.05) is 17.7 Å². The average Bonchev–Trinajstić information content (AvgIpc) is 2.64. The normalized spacial score (nSPS) is 16.9. The lowest BCUT2D eigenvalue weighted by Crippen LogP contribution is -2.31. The topological polar surface area (TPSA) is 105 Å². The molecule has 0 aliphatic heterocycles. The summed E-state index contributed by atoms with van der Waals surface area (Å²) in [6.07, 6.45) is 3.87. The maximum atomic E-state index is 12.8. The van der Waals surface area contributed by atoms with Crippen LogP contribution in [0.25, 0.3) is 0 Å². The van der Waals surface area contributed by atoms with Crippen molar-refractivity contribution in [1.82, 2.24) is 4.98 Å². The van der Waals surface area contributed by atoms with Crippen molar-refractivity contribution < 1.29 is 14.8 Å². The zero-order chi connectivity index (χ0) is 20.6. The Morgan fingerprint density at radius 2 is 2.04 bits per heavy atom. The van der Waals surface area contributed by atoms with Gasteiger partial charge in [0.05, 0.1) is 4.92 Å². The van der Waals surface area contributed by atoms with Crippen molar-refractivity contribution in [2.45, 2.75) is 47.0 Å². The van der Waals surface area contributed by atoms with Crippen molar-refractivity contribution in [3.8, 4) is 5.75 Å². The molecule has 1 aromatic heterocycles. The molecule has 1 aliphatic carbocycles. The molecule has 0 saturated carbocycles. The summed E-state index contributed by atoms with van der Waals surface area (Å²) in [5, 5.41) is 24.1. The average molecular weight is 383 g/mol. The molecule has 1 aliphatic rings. The van der Waals surface area contributed by atoms with E-state index in [4.69, 9.17) is 0 Å². The van der Waals surface area contributed by atoms with Gasteiger partial charge in [0.1, 0.15) is 5.75 Å². The van der Waals surface area contributed by atoms with E-state index in [0.29, 0.717) is 12.0 Å². The van der Waals surface area contributed by atoms with Crippen molar-refractivity contribution in [2.24, 2.45) is 11.8 Å². The summed E-state index contributed by atoms with van der Waals surface area (Å²) in [5.41, 5.74) is 4.61. The van der Waals surface area contributed by atoms with Gasteiger partial charge in [-0.2, -0.15) is 0 Å². The zero-order valence-electron chi connectivity index (χ0n) is 16.6. The fourth-order valence-corrected chi connectivity index (χ4v) is 4.08. The van der Waals surface area contributed by atoms with Gasteiger partial charge in [0.25, 0.3) is 0 Å². The number of carbonyl (C=O) groups is 1. The number of aryl methyl sites for hydroxylation is 2. The summed E-state index contributed by atoms with van der Waals surface area (Å²) < 4.78 is 0. The van der Waals surface area contributed by atoms with E-state index >= 15 is 0 Å². The number of nitro groups is 1. The van der Waals surface area contributed by atoms with Gasteiger partial charge in [0.15, 0.2) is 0 Å². The molecule has 1 amide bonds. The monoisotopic (exact) mass is 383 g/mol. The molecule has 28 heavy (non-hydrogen) atoms. The predicted molar refractivity (Wildman–Crippen MR) is 107 cm³/mol. The van der Waals surface area contributed by atoms with Crippen molar-refractivity contribution in [1.29, 1.82) is 0 Å². The number of hydrogen-bond acceptors (Lipinski definition) is 5. The lowest BCUT2D eigenvalue weighted by atomic mass is 9.75. The Morgan fingerprint density at radius 1 is 1.32 bits per heavy atom. The number of amides is 1. The first-order chi connectivity index (χ1) is 13.2. The second-order valence-corrected chi connectivity index (χ2v) is 7.66. The summed E-state index contributed by atoms with van der Waals surface area (Å²) in [7, 11) is 0. The Bertz CT molecular complexity index is 955. The minimum absolute atomic E-state index is 0.0114. The van der Waals surface area contributed by atoms with E-state index < -0.39 is 4.92 Å². The van der Waals surface area contributed by atoms with Gasteiger partial charge < -0.3 is 10.4 Å². The highest BCUT2D eigenvalue weighted by Crippen LogP contribution is 2.37. The van der Waals surface area contributed by atoms with Crippen LogP contribution in [-0.2, 0) is 17.6 Å².